The second-order valence-electron chi connectivity index (χ2n) is 2.98. The molecule has 1 aromatic carbocycles. The van der Waals surface area contributed by atoms with Crippen molar-refractivity contribution in [1.82, 2.24) is 9.78 Å². The molecule has 0 saturated carbocycles. The molecule has 14 heavy (non-hydrogen) atoms. The molecule has 0 aliphatic heterocycles. The van der Waals surface area contributed by atoms with E-state index in [9.17, 15) is 0 Å². The maximum absolute atomic E-state index is 5.79. The standard InChI is InChI=1S/C10H8BrClN2/c11-9-5-13-14(7-9)6-8-1-3-10(12)4-2-8/h1-5,7H,6H2. The van der Waals surface area contributed by atoms with Crippen LogP contribution in [0.4, 0.5) is 0 Å². The highest BCUT2D eigenvalue weighted by Crippen LogP contribution is 2.12. The highest BCUT2D eigenvalue weighted by atomic mass is 79.9. The zero-order valence-corrected chi connectivity index (χ0v) is 9.66. The number of halogens is 2. The van der Waals surface area contributed by atoms with Gasteiger partial charge in [0.15, 0.2) is 0 Å². The molecule has 2 rings (SSSR count). The van der Waals surface area contributed by atoms with Crippen molar-refractivity contribution < 1.29 is 0 Å². The number of nitrogens with zero attached hydrogens (tertiary/aromatic N) is 2. The molecule has 1 aromatic heterocycles. The summed E-state index contributed by atoms with van der Waals surface area (Å²) < 4.78 is 2.86. The molecule has 4 heteroatoms. The van der Waals surface area contributed by atoms with Gasteiger partial charge in [0, 0.05) is 11.2 Å². The van der Waals surface area contributed by atoms with Gasteiger partial charge in [0.25, 0.3) is 0 Å². The van der Waals surface area contributed by atoms with Crippen molar-refractivity contribution in [2.45, 2.75) is 6.54 Å². The van der Waals surface area contributed by atoms with Crippen LogP contribution >= 0.6 is 27.5 Å². The third-order valence-corrected chi connectivity index (χ3v) is 2.52. The van der Waals surface area contributed by atoms with E-state index < -0.39 is 0 Å². The van der Waals surface area contributed by atoms with Crippen LogP contribution in [0.15, 0.2) is 41.1 Å². The summed E-state index contributed by atoms with van der Waals surface area (Å²) >= 11 is 9.14. The summed E-state index contributed by atoms with van der Waals surface area (Å²) in [7, 11) is 0. The summed E-state index contributed by atoms with van der Waals surface area (Å²) in [5, 5.41) is 4.93. The minimum absolute atomic E-state index is 0.760. The van der Waals surface area contributed by atoms with Crippen LogP contribution in [0.1, 0.15) is 5.56 Å². The van der Waals surface area contributed by atoms with Crippen molar-refractivity contribution in [3.8, 4) is 0 Å². The van der Waals surface area contributed by atoms with E-state index in [0.29, 0.717) is 0 Å². The molecule has 72 valence electrons. The Morgan fingerprint density at radius 2 is 2.00 bits per heavy atom. The Balaban J connectivity index is 2.15. The van der Waals surface area contributed by atoms with Gasteiger partial charge in [0.05, 0.1) is 17.2 Å². The van der Waals surface area contributed by atoms with Gasteiger partial charge in [-0.1, -0.05) is 23.7 Å². The molecule has 0 radical (unpaired) electrons. The average molecular weight is 272 g/mol. The van der Waals surface area contributed by atoms with E-state index in [0.717, 1.165) is 16.0 Å². The molecule has 1 heterocycles. The van der Waals surface area contributed by atoms with Crippen LogP contribution in [-0.2, 0) is 6.54 Å². The molecule has 0 N–H and O–H groups in total. The first-order chi connectivity index (χ1) is 6.74. The van der Waals surface area contributed by atoms with Gasteiger partial charge >= 0.3 is 0 Å². The van der Waals surface area contributed by atoms with Crippen molar-refractivity contribution in [2.24, 2.45) is 0 Å². The number of hydrogen-bond acceptors (Lipinski definition) is 1. The monoisotopic (exact) mass is 270 g/mol. The lowest BCUT2D eigenvalue weighted by atomic mass is 10.2. The van der Waals surface area contributed by atoms with Gasteiger partial charge in [-0.3, -0.25) is 4.68 Å². The molecular weight excluding hydrogens is 263 g/mol. The van der Waals surface area contributed by atoms with E-state index in [-0.39, 0.29) is 0 Å². The fourth-order valence-electron chi connectivity index (χ4n) is 1.20. The Labute approximate surface area is 95.6 Å². The molecule has 0 atom stereocenters. The quantitative estimate of drug-likeness (QED) is 0.819. The summed E-state index contributed by atoms with van der Waals surface area (Å²) in [6, 6.07) is 7.76. The highest BCUT2D eigenvalue weighted by Gasteiger charge is 1.97. The Morgan fingerprint density at radius 1 is 1.29 bits per heavy atom. The first-order valence-corrected chi connectivity index (χ1v) is 5.33. The van der Waals surface area contributed by atoms with E-state index in [1.54, 1.807) is 6.20 Å². The second kappa shape index (κ2) is 4.15. The van der Waals surface area contributed by atoms with Crippen LogP contribution in [0.2, 0.25) is 5.02 Å². The molecule has 0 unspecified atom stereocenters. The molecular formula is C10H8BrClN2. The van der Waals surface area contributed by atoms with Crippen molar-refractivity contribution >= 4 is 27.5 Å². The van der Waals surface area contributed by atoms with Crippen LogP contribution < -0.4 is 0 Å². The van der Waals surface area contributed by atoms with Gasteiger partial charge in [0.1, 0.15) is 0 Å². The van der Waals surface area contributed by atoms with Crippen LogP contribution in [0.5, 0.6) is 0 Å². The predicted molar refractivity (Wildman–Crippen MR) is 60.5 cm³/mol. The van der Waals surface area contributed by atoms with Crippen LogP contribution in [0.25, 0.3) is 0 Å². The van der Waals surface area contributed by atoms with E-state index in [2.05, 4.69) is 21.0 Å². The summed E-state index contributed by atoms with van der Waals surface area (Å²) in [6.07, 6.45) is 3.71. The van der Waals surface area contributed by atoms with Gasteiger partial charge in [-0.2, -0.15) is 5.10 Å². The predicted octanol–water partition coefficient (Wildman–Crippen LogP) is 3.35. The lowest BCUT2D eigenvalue weighted by Crippen LogP contribution is -1.99. The normalized spacial score (nSPS) is 10.4. The highest BCUT2D eigenvalue weighted by molar-refractivity contribution is 9.10. The van der Waals surface area contributed by atoms with Crippen LogP contribution in [0, 0.1) is 0 Å². The van der Waals surface area contributed by atoms with Crippen LogP contribution in [0.3, 0.4) is 0 Å². The molecule has 0 fully saturated rings. The van der Waals surface area contributed by atoms with Crippen molar-refractivity contribution in [2.75, 3.05) is 0 Å². The average Bonchev–Trinajstić information content (AvgIpc) is 2.56. The summed E-state index contributed by atoms with van der Waals surface area (Å²) in [6.45, 7) is 0.767. The van der Waals surface area contributed by atoms with Gasteiger partial charge in [-0.25, -0.2) is 0 Å². The van der Waals surface area contributed by atoms with Gasteiger partial charge < -0.3 is 0 Å². The van der Waals surface area contributed by atoms with Crippen LogP contribution in [-0.4, -0.2) is 9.78 Å². The van der Waals surface area contributed by atoms with E-state index in [1.807, 2.05) is 35.1 Å². The first-order valence-electron chi connectivity index (χ1n) is 4.16. The molecule has 0 aliphatic carbocycles. The minimum atomic E-state index is 0.760. The molecule has 0 amide bonds. The van der Waals surface area contributed by atoms with E-state index >= 15 is 0 Å². The fraction of sp³-hybridized carbons (Fsp3) is 0.100. The van der Waals surface area contributed by atoms with Crippen molar-refractivity contribution in [3.05, 3.63) is 51.7 Å². The zero-order valence-electron chi connectivity index (χ0n) is 7.32. The van der Waals surface area contributed by atoms with Crippen molar-refractivity contribution in [3.63, 3.8) is 0 Å². The lowest BCUT2D eigenvalue weighted by molar-refractivity contribution is 0.686. The Morgan fingerprint density at radius 3 is 2.57 bits per heavy atom. The van der Waals surface area contributed by atoms with Gasteiger partial charge in [-0.05, 0) is 33.6 Å². The smallest absolute Gasteiger partial charge is 0.0659 e. The first kappa shape index (κ1) is 9.74. The lowest BCUT2D eigenvalue weighted by Gasteiger charge is -2.01. The summed E-state index contributed by atoms with van der Waals surface area (Å²) in [5.74, 6) is 0. The van der Waals surface area contributed by atoms with E-state index in [4.69, 9.17) is 11.6 Å². The fourth-order valence-corrected chi connectivity index (χ4v) is 1.66. The number of rotatable bonds is 2. The number of aromatic nitrogens is 2. The molecule has 2 nitrogen and oxygen atoms in total. The third kappa shape index (κ3) is 2.36. The number of hydrogen-bond donors (Lipinski definition) is 0. The Bertz CT molecular complexity index is 422. The van der Waals surface area contributed by atoms with Crippen molar-refractivity contribution in [1.29, 1.82) is 0 Å². The SMILES string of the molecule is Clc1ccc(Cn2cc(Br)cn2)cc1. The molecule has 0 spiro atoms. The summed E-state index contributed by atoms with van der Waals surface area (Å²) in [5.41, 5.74) is 1.19. The minimum Gasteiger partial charge on any atom is -0.267 e. The molecule has 0 aliphatic rings. The molecule has 0 saturated heterocycles. The maximum atomic E-state index is 5.79. The second-order valence-corrected chi connectivity index (χ2v) is 4.33. The largest absolute Gasteiger partial charge is 0.267 e. The Hall–Kier alpha value is -0.800. The molecule has 0 bridgehead atoms. The third-order valence-electron chi connectivity index (χ3n) is 1.86. The molecule has 2 aromatic rings. The van der Waals surface area contributed by atoms with E-state index in [1.165, 1.54) is 5.56 Å². The number of benzene rings is 1. The zero-order chi connectivity index (χ0) is 9.97. The van der Waals surface area contributed by atoms with Gasteiger partial charge in [-0.15, -0.1) is 0 Å². The summed E-state index contributed by atoms with van der Waals surface area (Å²) in [4.78, 5) is 0. The van der Waals surface area contributed by atoms with Gasteiger partial charge in [0.2, 0.25) is 0 Å². The topological polar surface area (TPSA) is 17.8 Å². The Kier molecular flexibility index (Phi) is 2.89. The maximum Gasteiger partial charge on any atom is 0.0659 e.